The van der Waals surface area contributed by atoms with Gasteiger partial charge in [0, 0.05) is 19.1 Å². The minimum absolute atomic E-state index is 0.0878. The van der Waals surface area contributed by atoms with E-state index in [4.69, 9.17) is 4.74 Å². The fourth-order valence-electron chi connectivity index (χ4n) is 3.47. The van der Waals surface area contributed by atoms with Crippen LogP contribution in [0.5, 0.6) is 0 Å². The van der Waals surface area contributed by atoms with Crippen LogP contribution in [-0.4, -0.2) is 51.9 Å². The van der Waals surface area contributed by atoms with Crippen molar-refractivity contribution in [3.63, 3.8) is 0 Å². The van der Waals surface area contributed by atoms with Crippen LogP contribution in [0.2, 0.25) is 0 Å². The molecule has 0 bridgehead atoms. The highest BCUT2D eigenvalue weighted by Crippen LogP contribution is 2.37. The summed E-state index contributed by atoms with van der Waals surface area (Å²) in [4.78, 5) is 13.2. The highest BCUT2D eigenvalue weighted by molar-refractivity contribution is 9.10. The molecule has 1 aliphatic heterocycles. The highest BCUT2D eigenvalue weighted by atomic mass is 79.9. The van der Waals surface area contributed by atoms with Crippen LogP contribution in [0.1, 0.15) is 31.0 Å². The molecule has 2 fully saturated rings. The maximum Gasteiger partial charge on any atom is 0.324 e. The third-order valence-corrected chi connectivity index (χ3v) is 5.08. The highest BCUT2D eigenvalue weighted by Gasteiger charge is 2.34. The van der Waals surface area contributed by atoms with Gasteiger partial charge in [-0.2, -0.15) is 5.10 Å². The van der Waals surface area contributed by atoms with Gasteiger partial charge in [0.15, 0.2) is 0 Å². The van der Waals surface area contributed by atoms with Crippen LogP contribution in [-0.2, 0) is 4.74 Å². The van der Waals surface area contributed by atoms with E-state index in [9.17, 15) is 10.1 Å². The Morgan fingerprint density at radius 2 is 2.00 bits per heavy atom. The number of nitrogens with zero attached hydrogens (tertiary/aromatic N) is 4. The fraction of sp³-hybridized carbons (Fsp3) is 0.769. The van der Waals surface area contributed by atoms with Gasteiger partial charge in [-0.3, -0.25) is 19.7 Å². The van der Waals surface area contributed by atoms with E-state index in [1.807, 2.05) is 4.68 Å². The molecule has 1 aromatic rings. The van der Waals surface area contributed by atoms with Gasteiger partial charge in [-0.25, -0.2) is 0 Å². The SMILES string of the molecule is Cc1c([N+](=O)[O-])c(Br)nn1C1CCC(N2CCOCC2)C1. The standard InChI is InChI=1S/C13H19BrN4O3/c1-9-12(18(19)20)13(14)15-17(9)11-3-2-10(8-11)16-4-6-21-7-5-16/h10-11H,2-8H2,1H3. The summed E-state index contributed by atoms with van der Waals surface area (Å²) in [5.41, 5.74) is 0.726. The largest absolute Gasteiger partial charge is 0.379 e. The molecule has 0 amide bonds. The molecule has 1 aliphatic carbocycles. The molecule has 2 heterocycles. The van der Waals surface area contributed by atoms with Crippen molar-refractivity contribution in [1.29, 1.82) is 0 Å². The second-order valence-electron chi connectivity index (χ2n) is 5.70. The van der Waals surface area contributed by atoms with Gasteiger partial charge in [-0.05, 0) is 42.1 Å². The van der Waals surface area contributed by atoms with Crippen molar-refractivity contribution < 1.29 is 9.66 Å². The van der Waals surface area contributed by atoms with E-state index in [2.05, 4.69) is 25.9 Å². The molecule has 8 heteroatoms. The molecule has 7 nitrogen and oxygen atoms in total. The topological polar surface area (TPSA) is 73.4 Å². The first-order valence-electron chi connectivity index (χ1n) is 7.28. The Morgan fingerprint density at radius 3 is 2.62 bits per heavy atom. The van der Waals surface area contributed by atoms with Crippen molar-refractivity contribution in [2.45, 2.75) is 38.3 Å². The number of ether oxygens (including phenoxy) is 1. The molecule has 0 aromatic carbocycles. The van der Waals surface area contributed by atoms with E-state index in [0.29, 0.717) is 16.3 Å². The summed E-state index contributed by atoms with van der Waals surface area (Å²) in [5.74, 6) is 0. The average molecular weight is 359 g/mol. The molecule has 0 spiro atoms. The molecule has 2 unspecified atom stereocenters. The molecular weight excluding hydrogens is 340 g/mol. The van der Waals surface area contributed by atoms with Gasteiger partial charge < -0.3 is 4.74 Å². The Hall–Kier alpha value is -0.990. The molecular formula is C13H19BrN4O3. The molecule has 2 aliphatic rings. The van der Waals surface area contributed by atoms with Crippen LogP contribution < -0.4 is 0 Å². The van der Waals surface area contributed by atoms with Crippen molar-refractivity contribution >= 4 is 21.6 Å². The van der Waals surface area contributed by atoms with Crippen molar-refractivity contribution in [2.75, 3.05) is 26.3 Å². The normalized spacial score (nSPS) is 27.1. The van der Waals surface area contributed by atoms with Crippen LogP contribution in [0.4, 0.5) is 5.69 Å². The summed E-state index contributed by atoms with van der Waals surface area (Å²) in [6.45, 7) is 5.36. The first kappa shape index (κ1) is 14.9. The minimum Gasteiger partial charge on any atom is -0.379 e. The lowest BCUT2D eigenvalue weighted by Gasteiger charge is -2.32. The number of morpholine rings is 1. The summed E-state index contributed by atoms with van der Waals surface area (Å²) < 4.78 is 7.56. The Bertz CT molecular complexity index is 542. The molecule has 21 heavy (non-hydrogen) atoms. The van der Waals surface area contributed by atoms with E-state index < -0.39 is 0 Å². The van der Waals surface area contributed by atoms with Crippen molar-refractivity contribution in [3.05, 3.63) is 20.4 Å². The Kier molecular flexibility index (Phi) is 4.28. The van der Waals surface area contributed by atoms with Crippen LogP contribution in [0, 0.1) is 17.0 Å². The van der Waals surface area contributed by atoms with Gasteiger partial charge in [0.25, 0.3) is 0 Å². The summed E-state index contributed by atoms with van der Waals surface area (Å²) in [7, 11) is 0. The van der Waals surface area contributed by atoms with Gasteiger partial charge in [0.05, 0.1) is 24.2 Å². The Morgan fingerprint density at radius 1 is 1.33 bits per heavy atom. The number of aromatic nitrogens is 2. The van der Waals surface area contributed by atoms with E-state index >= 15 is 0 Å². The van der Waals surface area contributed by atoms with Crippen molar-refractivity contribution in [3.8, 4) is 0 Å². The average Bonchev–Trinajstić information content (AvgIpc) is 3.04. The lowest BCUT2D eigenvalue weighted by Crippen LogP contribution is -2.42. The van der Waals surface area contributed by atoms with E-state index in [1.165, 1.54) is 0 Å². The van der Waals surface area contributed by atoms with Crippen molar-refractivity contribution in [1.82, 2.24) is 14.7 Å². The minimum atomic E-state index is -0.364. The monoisotopic (exact) mass is 358 g/mol. The Labute approximate surface area is 131 Å². The van der Waals surface area contributed by atoms with Gasteiger partial charge in [0.2, 0.25) is 4.60 Å². The molecule has 0 N–H and O–H groups in total. The molecule has 0 radical (unpaired) electrons. The van der Waals surface area contributed by atoms with Gasteiger partial charge in [-0.15, -0.1) is 0 Å². The lowest BCUT2D eigenvalue weighted by molar-refractivity contribution is -0.386. The van der Waals surface area contributed by atoms with Crippen LogP contribution >= 0.6 is 15.9 Å². The fourth-order valence-corrected chi connectivity index (χ4v) is 4.07. The lowest BCUT2D eigenvalue weighted by atomic mass is 10.2. The number of halogens is 1. The van der Waals surface area contributed by atoms with E-state index in [-0.39, 0.29) is 16.7 Å². The van der Waals surface area contributed by atoms with Gasteiger partial charge in [0.1, 0.15) is 5.69 Å². The van der Waals surface area contributed by atoms with Crippen molar-refractivity contribution in [2.24, 2.45) is 0 Å². The van der Waals surface area contributed by atoms with Crippen LogP contribution in [0.3, 0.4) is 0 Å². The van der Waals surface area contributed by atoms with Gasteiger partial charge in [-0.1, -0.05) is 0 Å². The summed E-state index contributed by atoms with van der Waals surface area (Å²) in [6.07, 6.45) is 3.15. The summed E-state index contributed by atoms with van der Waals surface area (Å²) in [6, 6.07) is 0.795. The third kappa shape index (κ3) is 2.84. The molecule has 3 rings (SSSR count). The second-order valence-corrected chi connectivity index (χ2v) is 6.45. The molecule has 2 atom stereocenters. The first-order chi connectivity index (χ1) is 10.1. The smallest absolute Gasteiger partial charge is 0.324 e. The zero-order chi connectivity index (χ0) is 15.0. The Balaban J connectivity index is 1.74. The summed E-state index contributed by atoms with van der Waals surface area (Å²) in [5, 5.41) is 15.4. The first-order valence-corrected chi connectivity index (χ1v) is 8.08. The predicted molar refractivity (Wildman–Crippen MR) is 80.4 cm³/mol. The maximum atomic E-state index is 11.1. The number of rotatable bonds is 3. The van der Waals surface area contributed by atoms with Gasteiger partial charge >= 0.3 is 5.69 Å². The zero-order valence-electron chi connectivity index (χ0n) is 12.0. The third-order valence-electron chi connectivity index (χ3n) is 4.55. The zero-order valence-corrected chi connectivity index (χ0v) is 13.6. The predicted octanol–water partition coefficient (Wildman–Crippen LogP) is 2.29. The molecule has 1 aromatic heterocycles. The number of hydrogen-bond acceptors (Lipinski definition) is 5. The van der Waals surface area contributed by atoms with Crippen LogP contribution in [0.25, 0.3) is 0 Å². The maximum absolute atomic E-state index is 11.1. The molecule has 116 valence electrons. The van der Waals surface area contributed by atoms with E-state index in [0.717, 1.165) is 45.6 Å². The molecule has 1 saturated heterocycles. The molecule has 1 saturated carbocycles. The summed E-state index contributed by atoms with van der Waals surface area (Å²) >= 11 is 3.21. The number of nitro groups is 1. The quantitative estimate of drug-likeness (QED) is 0.612. The van der Waals surface area contributed by atoms with Crippen LogP contribution in [0.15, 0.2) is 4.60 Å². The van der Waals surface area contributed by atoms with E-state index in [1.54, 1.807) is 6.92 Å². The number of hydrogen-bond donors (Lipinski definition) is 0. The second kappa shape index (κ2) is 6.02.